The van der Waals surface area contributed by atoms with Crippen molar-refractivity contribution in [2.45, 2.75) is 5.82 Å². The molecule has 0 amide bonds. The maximum atomic E-state index is 5.61. The summed E-state index contributed by atoms with van der Waals surface area (Å²) in [6.07, 6.45) is 1.98. The van der Waals surface area contributed by atoms with Gasteiger partial charge in [-0.1, -0.05) is 0 Å². The minimum absolute atomic E-state index is 0.583. The van der Waals surface area contributed by atoms with Crippen molar-refractivity contribution in [3.8, 4) is 0 Å². The van der Waals surface area contributed by atoms with E-state index in [-0.39, 0.29) is 0 Å². The molecule has 0 fully saturated rings. The molecule has 3 heteroatoms. The van der Waals surface area contributed by atoms with E-state index in [1.54, 1.807) is 11.8 Å². The molecule has 0 aromatic heterocycles. The van der Waals surface area contributed by atoms with Crippen molar-refractivity contribution in [2.75, 3.05) is 6.26 Å². The van der Waals surface area contributed by atoms with E-state index < -0.39 is 0 Å². The Kier molecular flexibility index (Phi) is 5.69. The standard InChI is InChI=1S/C4H7ClSSe/c1-6-4(5)3-7-2/h3H,1-2H3/b4-3-. The van der Waals surface area contributed by atoms with E-state index in [0.29, 0.717) is 15.0 Å². The fourth-order valence-corrected chi connectivity index (χ4v) is 2.19. The molecule has 0 saturated carbocycles. The van der Waals surface area contributed by atoms with E-state index in [2.05, 4.69) is 10.8 Å². The monoisotopic (exact) mass is 202 g/mol. The molecule has 0 aliphatic rings. The molecule has 0 N–H and O–H groups in total. The van der Waals surface area contributed by atoms with Crippen LogP contribution < -0.4 is 0 Å². The third-order valence-corrected chi connectivity index (χ3v) is 3.10. The van der Waals surface area contributed by atoms with Crippen LogP contribution in [0.3, 0.4) is 0 Å². The van der Waals surface area contributed by atoms with Crippen LogP contribution in [-0.4, -0.2) is 21.2 Å². The first-order valence-corrected chi connectivity index (χ1v) is 6.04. The summed E-state index contributed by atoms with van der Waals surface area (Å²) in [5.74, 6) is 2.13. The van der Waals surface area contributed by atoms with Crippen molar-refractivity contribution >= 4 is 38.3 Å². The van der Waals surface area contributed by atoms with Crippen LogP contribution in [0.4, 0.5) is 0 Å². The Morgan fingerprint density at radius 3 is 2.57 bits per heavy atom. The summed E-state index contributed by atoms with van der Waals surface area (Å²) < 4.78 is 0.919. The van der Waals surface area contributed by atoms with E-state index in [4.69, 9.17) is 11.6 Å². The average Bonchev–Trinajstić information content (AvgIpc) is 1.68. The summed E-state index contributed by atoms with van der Waals surface area (Å²) >= 11 is 7.78. The molecule has 0 atom stereocenters. The molecule has 0 saturated heterocycles. The number of thioether (sulfide) groups is 1. The first kappa shape index (κ1) is 7.90. The SMILES string of the molecule is CS/C(Cl)=C\[Se]C. The van der Waals surface area contributed by atoms with Crippen LogP contribution in [0.25, 0.3) is 0 Å². The van der Waals surface area contributed by atoms with Crippen molar-refractivity contribution in [1.82, 2.24) is 0 Å². The second kappa shape index (κ2) is 5.04. The molecule has 0 unspecified atom stereocenters. The Labute approximate surface area is 59.9 Å². The second-order valence-electron chi connectivity index (χ2n) is 0.862. The molecule has 0 aromatic carbocycles. The van der Waals surface area contributed by atoms with Gasteiger partial charge in [-0.25, -0.2) is 0 Å². The summed E-state index contributed by atoms with van der Waals surface area (Å²) in [4.78, 5) is 2.05. The van der Waals surface area contributed by atoms with Crippen LogP contribution >= 0.6 is 23.4 Å². The van der Waals surface area contributed by atoms with Crippen LogP contribution in [0, 0.1) is 0 Å². The fourth-order valence-electron chi connectivity index (χ4n) is 0.141. The van der Waals surface area contributed by atoms with Crippen LogP contribution in [0.15, 0.2) is 9.34 Å². The summed E-state index contributed by atoms with van der Waals surface area (Å²) in [5, 5.41) is 0. The van der Waals surface area contributed by atoms with E-state index in [1.807, 2.05) is 6.26 Å². The summed E-state index contributed by atoms with van der Waals surface area (Å²) in [6.45, 7) is 0. The van der Waals surface area contributed by atoms with Crippen molar-refractivity contribution in [3.63, 3.8) is 0 Å². The second-order valence-corrected chi connectivity index (χ2v) is 3.82. The molecule has 0 aliphatic carbocycles. The zero-order chi connectivity index (χ0) is 5.70. The van der Waals surface area contributed by atoms with Gasteiger partial charge in [0.2, 0.25) is 0 Å². The van der Waals surface area contributed by atoms with Crippen molar-refractivity contribution in [2.24, 2.45) is 0 Å². The van der Waals surface area contributed by atoms with Gasteiger partial charge in [-0.15, -0.1) is 0 Å². The molecule has 0 heterocycles. The summed E-state index contributed by atoms with van der Waals surface area (Å²) in [5.41, 5.74) is 0. The predicted molar refractivity (Wildman–Crippen MR) is 39.1 cm³/mol. The fraction of sp³-hybridized carbons (Fsp3) is 0.500. The van der Waals surface area contributed by atoms with Gasteiger partial charge >= 0.3 is 59.7 Å². The van der Waals surface area contributed by atoms with Crippen molar-refractivity contribution in [3.05, 3.63) is 9.34 Å². The van der Waals surface area contributed by atoms with E-state index in [1.165, 1.54) is 0 Å². The van der Waals surface area contributed by atoms with Gasteiger partial charge in [0.1, 0.15) is 0 Å². The van der Waals surface area contributed by atoms with Crippen molar-refractivity contribution in [1.29, 1.82) is 0 Å². The number of rotatable bonds is 2. The third kappa shape index (κ3) is 4.76. The topological polar surface area (TPSA) is 0 Å². The maximum absolute atomic E-state index is 5.61. The molecule has 0 nitrogen and oxygen atoms in total. The van der Waals surface area contributed by atoms with Crippen LogP contribution in [0.5, 0.6) is 0 Å². The van der Waals surface area contributed by atoms with Gasteiger partial charge in [0.05, 0.1) is 0 Å². The Hall–Kier alpha value is 0.899. The zero-order valence-electron chi connectivity index (χ0n) is 4.27. The minimum atomic E-state index is 0.583. The van der Waals surface area contributed by atoms with Gasteiger partial charge in [0.15, 0.2) is 0 Å². The normalized spacial score (nSPS) is 12.1. The molecular formula is C4H7ClSSe. The number of hydrogen-bond acceptors (Lipinski definition) is 1. The van der Waals surface area contributed by atoms with Gasteiger partial charge in [0.25, 0.3) is 0 Å². The molecule has 0 rings (SSSR count). The predicted octanol–water partition coefficient (Wildman–Crippen LogP) is 2.14. The summed E-state index contributed by atoms with van der Waals surface area (Å²) in [7, 11) is 0. The summed E-state index contributed by atoms with van der Waals surface area (Å²) in [6, 6.07) is 0. The van der Waals surface area contributed by atoms with E-state index in [9.17, 15) is 0 Å². The number of hydrogen-bond donors (Lipinski definition) is 0. The van der Waals surface area contributed by atoms with Gasteiger partial charge in [-0.05, 0) is 0 Å². The Morgan fingerprint density at radius 1 is 1.86 bits per heavy atom. The Bertz CT molecular complexity index is 72.1. The van der Waals surface area contributed by atoms with Crippen LogP contribution in [0.2, 0.25) is 5.82 Å². The first-order valence-electron chi connectivity index (χ1n) is 1.73. The van der Waals surface area contributed by atoms with Gasteiger partial charge in [-0.2, -0.15) is 0 Å². The van der Waals surface area contributed by atoms with E-state index in [0.717, 1.165) is 4.36 Å². The average molecular weight is 202 g/mol. The molecule has 0 spiro atoms. The van der Waals surface area contributed by atoms with Crippen molar-refractivity contribution < 1.29 is 0 Å². The van der Waals surface area contributed by atoms with Crippen LogP contribution in [0.1, 0.15) is 0 Å². The molecule has 0 radical (unpaired) electrons. The van der Waals surface area contributed by atoms with Crippen LogP contribution in [-0.2, 0) is 0 Å². The zero-order valence-corrected chi connectivity index (χ0v) is 7.56. The van der Waals surface area contributed by atoms with Gasteiger partial charge in [-0.3, -0.25) is 0 Å². The molecule has 7 heavy (non-hydrogen) atoms. The Balaban J connectivity index is 3.29. The third-order valence-electron chi connectivity index (χ3n) is 0.406. The van der Waals surface area contributed by atoms with E-state index >= 15 is 0 Å². The van der Waals surface area contributed by atoms with Gasteiger partial charge in [0, 0.05) is 0 Å². The molecule has 0 bridgehead atoms. The first-order chi connectivity index (χ1) is 3.31. The van der Waals surface area contributed by atoms with Gasteiger partial charge < -0.3 is 0 Å². The molecule has 0 aliphatic heterocycles. The Morgan fingerprint density at radius 2 is 2.43 bits per heavy atom. The molecule has 0 aromatic rings. The molecule has 42 valence electrons. The number of halogens is 1. The molecular weight excluding hydrogens is 195 g/mol. The quantitative estimate of drug-likeness (QED) is 0.617.